The second-order valence-corrected chi connectivity index (χ2v) is 5.11. The molecule has 0 aromatic heterocycles. The van der Waals surface area contributed by atoms with Crippen molar-refractivity contribution in [1.29, 1.82) is 0 Å². The highest BCUT2D eigenvalue weighted by Gasteiger charge is 2.03. The van der Waals surface area contributed by atoms with Crippen LogP contribution in [-0.2, 0) is 11.3 Å². The summed E-state index contributed by atoms with van der Waals surface area (Å²) in [6.45, 7) is 2.17. The zero-order valence-electron chi connectivity index (χ0n) is 13.3. The molecule has 0 bridgehead atoms. The van der Waals surface area contributed by atoms with Gasteiger partial charge < -0.3 is 15.4 Å². The van der Waals surface area contributed by atoms with Gasteiger partial charge in [-0.05, 0) is 48.9 Å². The maximum Gasteiger partial charge on any atom is 0.239 e. The molecule has 0 unspecified atom stereocenters. The maximum absolute atomic E-state index is 11.8. The Labute approximate surface area is 135 Å². The number of ether oxygens (including phenoxy) is 1. The van der Waals surface area contributed by atoms with Gasteiger partial charge in [-0.15, -0.1) is 0 Å². The molecule has 2 N–H and O–H groups in total. The third-order valence-electron chi connectivity index (χ3n) is 3.39. The van der Waals surface area contributed by atoms with Gasteiger partial charge in [-0.1, -0.05) is 12.1 Å². The zero-order valence-corrected chi connectivity index (χ0v) is 13.3. The van der Waals surface area contributed by atoms with Crippen LogP contribution in [0.4, 0.5) is 5.69 Å². The van der Waals surface area contributed by atoms with Crippen LogP contribution >= 0.6 is 0 Å². The fraction of sp³-hybridized carbons (Fsp3) is 0.222. The quantitative estimate of drug-likeness (QED) is 0.771. The number of Topliss-reactive ketones (excluding diaryl/α,β-unsaturated/α-hetero) is 1. The molecule has 0 radical (unpaired) electrons. The number of hydrogen-bond acceptors (Lipinski definition) is 4. The number of carbonyl (C=O) groups excluding carboxylic acids is 2. The summed E-state index contributed by atoms with van der Waals surface area (Å²) in [4.78, 5) is 23.0. The molecule has 2 aromatic rings. The van der Waals surface area contributed by atoms with Gasteiger partial charge in [0.15, 0.2) is 5.78 Å². The summed E-state index contributed by atoms with van der Waals surface area (Å²) in [5.74, 6) is 0.709. The summed E-state index contributed by atoms with van der Waals surface area (Å²) in [5.41, 5.74) is 2.46. The van der Waals surface area contributed by atoms with Crippen molar-refractivity contribution in [2.45, 2.75) is 13.5 Å². The molecule has 0 aliphatic heterocycles. The summed E-state index contributed by atoms with van der Waals surface area (Å²) in [6, 6.07) is 14.6. The minimum Gasteiger partial charge on any atom is -0.497 e. The van der Waals surface area contributed by atoms with Crippen LogP contribution in [0, 0.1) is 0 Å². The van der Waals surface area contributed by atoms with Gasteiger partial charge in [-0.2, -0.15) is 0 Å². The molecule has 5 nitrogen and oxygen atoms in total. The zero-order chi connectivity index (χ0) is 16.7. The normalized spacial score (nSPS) is 10.0. The second-order valence-electron chi connectivity index (χ2n) is 5.11. The van der Waals surface area contributed by atoms with Crippen molar-refractivity contribution in [3.8, 4) is 5.75 Å². The van der Waals surface area contributed by atoms with E-state index in [1.54, 1.807) is 31.4 Å². The smallest absolute Gasteiger partial charge is 0.239 e. The van der Waals surface area contributed by atoms with E-state index in [-0.39, 0.29) is 18.2 Å². The Kier molecular flexibility index (Phi) is 5.74. The van der Waals surface area contributed by atoms with Crippen LogP contribution in [0.25, 0.3) is 0 Å². The van der Waals surface area contributed by atoms with Crippen molar-refractivity contribution in [3.63, 3.8) is 0 Å². The first kappa shape index (κ1) is 16.5. The van der Waals surface area contributed by atoms with Crippen molar-refractivity contribution >= 4 is 17.4 Å². The topological polar surface area (TPSA) is 67.4 Å². The Morgan fingerprint density at radius 3 is 2.22 bits per heavy atom. The third-order valence-corrected chi connectivity index (χ3v) is 3.39. The molecule has 0 saturated carbocycles. The monoisotopic (exact) mass is 312 g/mol. The van der Waals surface area contributed by atoms with Crippen molar-refractivity contribution in [3.05, 3.63) is 59.7 Å². The standard InChI is InChI=1S/C18H20N2O3/c1-13(21)15-5-7-16(8-6-15)19-12-18(22)20-11-14-3-9-17(23-2)10-4-14/h3-10,19H,11-12H2,1-2H3,(H,20,22). The Bertz CT molecular complexity index is 664. The second kappa shape index (κ2) is 7.98. The predicted octanol–water partition coefficient (Wildman–Crippen LogP) is 2.63. The van der Waals surface area contributed by atoms with Gasteiger partial charge in [0.1, 0.15) is 5.75 Å². The van der Waals surface area contributed by atoms with Crippen LogP contribution in [0.3, 0.4) is 0 Å². The van der Waals surface area contributed by atoms with E-state index >= 15 is 0 Å². The lowest BCUT2D eigenvalue weighted by molar-refractivity contribution is -0.119. The summed E-state index contributed by atoms with van der Waals surface area (Å²) in [5, 5.41) is 5.86. The first-order chi connectivity index (χ1) is 11.1. The fourth-order valence-electron chi connectivity index (χ4n) is 2.01. The Balaban J connectivity index is 1.77. The minimum absolute atomic E-state index is 0.0220. The van der Waals surface area contributed by atoms with E-state index in [4.69, 9.17) is 4.74 Å². The van der Waals surface area contributed by atoms with Crippen molar-refractivity contribution in [1.82, 2.24) is 5.32 Å². The van der Waals surface area contributed by atoms with E-state index in [2.05, 4.69) is 10.6 Å². The molecular formula is C18H20N2O3. The summed E-state index contributed by atoms with van der Waals surface area (Å²) in [6.07, 6.45) is 0. The molecular weight excluding hydrogens is 292 g/mol. The lowest BCUT2D eigenvalue weighted by Crippen LogP contribution is -2.29. The van der Waals surface area contributed by atoms with E-state index in [0.717, 1.165) is 17.0 Å². The number of benzene rings is 2. The Morgan fingerprint density at radius 2 is 1.65 bits per heavy atom. The fourth-order valence-corrected chi connectivity index (χ4v) is 2.01. The van der Waals surface area contributed by atoms with Crippen LogP contribution in [-0.4, -0.2) is 25.3 Å². The van der Waals surface area contributed by atoms with E-state index in [1.807, 2.05) is 24.3 Å². The number of rotatable bonds is 7. The molecule has 1 amide bonds. The first-order valence-corrected chi connectivity index (χ1v) is 7.33. The van der Waals surface area contributed by atoms with Crippen LogP contribution in [0.15, 0.2) is 48.5 Å². The van der Waals surface area contributed by atoms with Gasteiger partial charge >= 0.3 is 0 Å². The number of ketones is 1. The van der Waals surface area contributed by atoms with Crippen LogP contribution in [0.1, 0.15) is 22.8 Å². The van der Waals surface area contributed by atoms with Crippen molar-refractivity contribution < 1.29 is 14.3 Å². The van der Waals surface area contributed by atoms with Crippen LogP contribution in [0.2, 0.25) is 0 Å². The molecule has 120 valence electrons. The average molecular weight is 312 g/mol. The maximum atomic E-state index is 11.8. The van der Waals surface area contributed by atoms with Crippen LogP contribution < -0.4 is 15.4 Å². The van der Waals surface area contributed by atoms with Crippen LogP contribution in [0.5, 0.6) is 5.75 Å². The molecule has 0 heterocycles. The number of anilines is 1. The SMILES string of the molecule is COc1ccc(CNC(=O)CNc2ccc(C(C)=O)cc2)cc1. The van der Waals surface area contributed by atoms with E-state index < -0.39 is 0 Å². The van der Waals surface area contributed by atoms with E-state index in [1.165, 1.54) is 6.92 Å². The molecule has 0 atom stereocenters. The third kappa shape index (κ3) is 5.14. The molecule has 0 fully saturated rings. The number of hydrogen-bond donors (Lipinski definition) is 2. The van der Waals surface area contributed by atoms with E-state index in [0.29, 0.717) is 12.1 Å². The van der Waals surface area contributed by atoms with E-state index in [9.17, 15) is 9.59 Å². The predicted molar refractivity (Wildman–Crippen MR) is 89.8 cm³/mol. The molecule has 0 spiro atoms. The first-order valence-electron chi connectivity index (χ1n) is 7.33. The van der Waals surface area contributed by atoms with Gasteiger partial charge in [0.05, 0.1) is 13.7 Å². The number of methoxy groups -OCH3 is 1. The molecule has 0 saturated heterocycles. The Morgan fingerprint density at radius 1 is 1.00 bits per heavy atom. The highest BCUT2D eigenvalue weighted by molar-refractivity contribution is 5.94. The average Bonchev–Trinajstić information content (AvgIpc) is 2.59. The highest BCUT2D eigenvalue weighted by atomic mass is 16.5. The lowest BCUT2D eigenvalue weighted by Gasteiger charge is -2.09. The van der Waals surface area contributed by atoms with Crippen molar-refractivity contribution in [2.75, 3.05) is 19.0 Å². The molecule has 2 aromatic carbocycles. The molecule has 0 aliphatic carbocycles. The van der Waals surface area contributed by atoms with Gasteiger partial charge in [0.2, 0.25) is 5.91 Å². The summed E-state index contributed by atoms with van der Waals surface area (Å²) >= 11 is 0. The van der Waals surface area contributed by atoms with Gasteiger partial charge in [-0.25, -0.2) is 0 Å². The Hall–Kier alpha value is -2.82. The minimum atomic E-state index is -0.100. The molecule has 0 aliphatic rings. The van der Waals surface area contributed by atoms with Gasteiger partial charge in [-0.3, -0.25) is 9.59 Å². The largest absolute Gasteiger partial charge is 0.497 e. The summed E-state index contributed by atoms with van der Waals surface area (Å²) in [7, 11) is 1.62. The summed E-state index contributed by atoms with van der Waals surface area (Å²) < 4.78 is 5.09. The number of carbonyl (C=O) groups is 2. The number of nitrogens with one attached hydrogen (secondary N) is 2. The molecule has 23 heavy (non-hydrogen) atoms. The van der Waals surface area contributed by atoms with Gasteiger partial charge in [0.25, 0.3) is 0 Å². The van der Waals surface area contributed by atoms with Crippen molar-refractivity contribution in [2.24, 2.45) is 0 Å². The number of amides is 1. The lowest BCUT2D eigenvalue weighted by atomic mass is 10.1. The molecule has 5 heteroatoms. The van der Waals surface area contributed by atoms with Gasteiger partial charge in [0, 0.05) is 17.8 Å². The molecule has 2 rings (SSSR count). The highest BCUT2D eigenvalue weighted by Crippen LogP contribution is 2.11.